The summed E-state index contributed by atoms with van der Waals surface area (Å²) in [5, 5.41) is 4.26. The first kappa shape index (κ1) is 25.8. The Labute approximate surface area is 208 Å². The number of carbonyl (C=O) groups is 1. The van der Waals surface area contributed by atoms with Gasteiger partial charge in [-0.05, 0) is 55.5 Å². The molecule has 0 spiro atoms. The maximum atomic E-state index is 12.6. The first-order chi connectivity index (χ1) is 16.8. The van der Waals surface area contributed by atoms with Crippen LogP contribution in [0, 0.1) is 0 Å². The quantitative estimate of drug-likeness (QED) is 0.170. The Kier molecular flexibility index (Phi) is 8.88. The third-order valence-corrected chi connectivity index (χ3v) is 5.92. The van der Waals surface area contributed by atoms with Crippen molar-refractivity contribution in [3.63, 3.8) is 0 Å². The van der Waals surface area contributed by atoms with E-state index in [9.17, 15) is 13.2 Å². The minimum atomic E-state index is -4.08. The molecule has 3 aromatic carbocycles. The number of nitrogens with zero attached hydrogens (tertiary/aromatic N) is 1. The molecular formula is C25H23ClN2O6S. The lowest BCUT2D eigenvalue weighted by Crippen LogP contribution is -2.18. The van der Waals surface area contributed by atoms with Crippen LogP contribution < -0.4 is 19.1 Å². The Hall–Kier alpha value is -3.82. The van der Waals surface area contributed by atoms with Gasteiger partial charge in [0.25, 0.3) is 5.91 Å². The lowest BCUT2D eigenvalue weighted by Gasteiger charge is -2.12. The number of nitrogens with one attached hydrogen (secondary N) is 1. The zero-order chi connectivity index (χ0) is 25.3. The van der Waals surface area contributed by atoms with Crippen molar-refractivity contribution in [1.82, 2.24) is 5.43 Å². The Bertz CT molecular complexity index is 1330. The van der Waals surface area contributed by atoms with Crippen LogP contribution in [0.2, 0.25) is 5.02 Å². The number of benzene rings is 3. The smallest absolute Gasteiger partial charge is 0.339 e. The SMILES string of the molecule is C=CCOc1ccc(C(=O)N/N=C/c2cc(Cl)ccc2OS(=O)(=O)c2ccccc2)cc1OCC. The van der Waals surface area contributed by atoms with E-state index in [-0.39, 0.29) is 21.8 Å². The van der Waals surface area contributed by atoms with Crippen LogP contribution in [0.4, 0.5) is 0 Å². The Morgan fingerprint density at radius 1 is 1.03 bits per heavy atom. The largest absolute Gasteiger partial charge is 0.490 e. The molecule has 3 rings (SSSR count). The Morgan fingerprint density at radius 2 is 1.77 bits per heavy atom. The van der Waals surface area contributed by atoms with E-state index in [1.165, 1.54) is 42.6 Å². The molecule has 182 valence electrons. The first-order valence-electron chi connectivity index (χ1n) is 10.5. The van der Waals surface area contributed by atoms with Crippen molar-refractivity contribution in [1.29, 1.82) is 0 Å². The van der Waals surface area contributed by atoms with E-state index in [2.05, 4.69) is 17.1 Å². The molecule has 0 aliphatic carbocycles. The predicted octanol–water partition coefficient (Wildman–Crippen LogP) is 4.84. The maximum Gasteiger partial charge on any atom is 0.339 e. The highest BCUT2D eigenvalue weighted by atomic mass is 35.5. The number of rotatable bonds is 11. The van der Waals surface area contributed by atoms with Crippen LogP contribution in [0.25, 0.3) is 0 Å². The van der Waals surface area contributed by atoms with Gasteiger partial charge < -0.3 is 13.7 Å². The molecule has 0 fully saturated rings. The topological polar surface area (TPSA) is 103 Å². The highest BCUT2D eigenvalue weighted by Gasteiger charge is 2.18. The monoisotopic (exact) mass is 514 g/mol. The van der Waals surface area contributed by atoms with Crippen LogP contribution in [-0.2, 0) is 10.1 Å². The van der Waals surface area contributed by atoms with Crippen molar-refractivity contribution >= 4 is 33.8 Å². The fraction of sp³-hybridized carbons (Fsp3) is 0.120. The second-order valence-corrected chi connectivity index (χ2v) is 8.91. The summed E-state index contributed by atoms with van der Waals surface area (Å²) in [5.41, 5.74) is 2.92. The van der Waals surface area contributed by atoms with E-state index in [4.69, 9.17) is 25.3 Å². The molecule has 1 amide bonds. The molecule has 0 saturated heterocycles. The molecule has 8 nitrogen and oxygen atoms in total. The van der Waals surface area contributed by atoms with Gasteiger partial charge in [0.05, 0.1) is 12.8 Å². The second kappa shape index (κ2) is 12.0. The summed E-state index contributed by atoms with van der Waals surface area (Å²) in [6, 6.07) is 16.8. The zero-order valence-corrected chi connectivity index (χ0v) is 20.4. The summed E-state index contributed by atoms with van der Waals surface area (Å²) >= 11 is 6.05. The average molecular weight is 515 g/mol. The summed E-state index contributed by atoms with van der Waals surface area (Å²) in [4.78, 5) is 12.6. The van der Waals surface area contributed by atoms with Gasteiger partial charge in [0, 0.05) is 16.1 Å². The molecule has 0 bridgehead atoms. The molecule has 0 heterocycles. The van der Waals surface area contributed by atoms with Gasteiger partial charge in [-0.25, -0.2) is 5.43 Å². The summed E-state index contributed by atoms with van der Waals surface area (Å²) in [5.74, 6) is 0.368. The third-order valence-electron chi connectivity index (χ3n) is 4.44. The molecule has 3 aromatic rings. The fourth-order valence-corrected chi connectivity index (χ4v) is 4.02. The first-order valence-corrected chi connectivity index (χ1v) is 12.3. The summed E-state index contributed by atoms with van der Waals surface area (Å²) in [7, 11) is -4.08. The summed E-state index contributed by atoms with van der Waals surface area (Å²) in [6.07, 6.45) is 2.84. The van der Waals surface area contributed by atoms with Gasteiger partial charge in [-0.1, -0.05) is 42.5 Å². The minimum Gasteiger partial charge on any atom is -0.490 e. The van der Waals surface area contributed by atoms with Crippen molar-refractivity contribution < 1.29 is 26.9 Å². The van der Waals surface area contributed by atoms with E-state index in [0.717, 1.165) is 0 Å². The van der Waals surface area contributed by atoms with E-state index >= 15 is 0 Å². The van der Waals surface area contributed by atoms with E-state index in [0.29, 0.717) is 29.7 Å². The molecule has 10 heteroatoms. The zero-order valence-electron chi connectivity index (χ0n) is 18.8. The lowest BCUT2D eigenvalue weighted by molar-refractivity contribution is 0.0954. The van der Waals surface area contributed by atoms with Gasteiger partial charge in [-0.3, -0.25) is 4.79 Å². The normalized spacial score (nSPS) is 11.1. The predicted molar refractivity (Wildman–Crippen MR) is 134 cm³/mol. The molecule has 0 atom stereocenters. The van der Waals surface area contributed by atoms with Crippen LogP contribution in [0.3, 0.4) is 0 Å². The van der Waals surface area contributed by atoms with Crippen LogP contribution in [0.1, 0.15) is 22.8 Å². The van der Waals surface area contributed by atoms with Crippen molar-refractivity contribution in [2.24, 2.45) is 5.10 Å². The third kappa shape index (κ3) is 7.08. The Morgan fingerprint density at radius 3 is 2.49 bits per heavy atom. The van der Waals surface area contributed by atoms with Crippen molar-refractivity contribution in [3.8, 4) is 17.2 Å². The van der Waals surface area contributed by atoms with E-state index in [1.807, 2.05) is 6.92 Å². The number of halogens is 1. The van der Waals surface area contributed by atoms with Crippen LogP contribution in [-0.4, -0.2) is 33.8 Å². The standard InChI is InChI=1S/C25H23ClN2O6S/c1-3-14-33-23-12-10-18(16-24(23)32-4-2)25(29)28-27-17-19-15-20(26)11-13-22(19)34-35(30,31)21-8-6-5-7-9-21/h3,5-13,15-17H,1,4,14H2,2H3,(H,28,29)/b27-17+. The molecule has 0 unspecified atom stereocenters. The van der Waals surface area contributed by atoms with Gasteiger partial charge in [0.2, 0.25) is 0 Å². The highest BCUT2D eigenvalue weighted by Crippen LogP contribution is 2.29. The lowest BCUT2D eigenvalue weighted by atomic mass is 10.2. The number of amides is 1. The highest BCUT2D eigenvalue weighted by molar-refractivity contribution is 7.87. The molecule has 0 aliphatic heterocycles. The van der Waals surface area contributed by atoms with Crippen molar-refractivity contribution in [2.45, 2.75) is 11.8 Å². The summed E-state index contributed by atoms with van der Waals surface area (Å²) < 4.78 is 41.5. The van der Waals surface area contributed by atoms with Crippen LogP contribution in [0.15, 0.2) is 89.4 Å². The van der Waals surface area contributed by atoms with Gasteiger partial charge in [-0.15, -0.1) is 0 Å². The number of hydrogen-bond acceptors (Lipinski definition) is 7. The molecule has 0 radical (unpaired) electrons. The van der Waals surface area contributed by atoms with Crippen molar-refractivity contribution in [3.05, 3.63) is 95.5 Å². The van der Waals surface area contributed by atoms with E-state index < -0.39 is 16.0 Å². The van der Waals surface area contributed by atoms with Crippen LogP contribution in [0.5, 0.6) is 17.2 Å². The van der Waals surface area contributed by atoms with Crippen LogP contribution >= 0.6 is 11.6 Å². The molecule has 0 aromatic heterocycles. The minimum absolute atomic E-state index is 0.00129. The molecule has 0 aliphatic rings. The van der Waals surface area contributed by atoms with Gasteiger partial charge in [0.1, 0.15) is 11.5 Å². The maximum absolute atomic E-state index is 12.6. The van der Waals surface area contributed by atoms with Gasteiger partial charge >= 0.3 is 10.1 Å². The number of hydrogen-bond donors (Lipinski definition) is 1. The van der Waals surface area contributed by atoms with Gasteiger partial charge in [0.15, 0.2) is 17.2 Å². The molecule has 0 saturated carbocycles. The fourth-order valence-electron chi connectivity index (χ4n) is 2.86. The number of ether oxygens (including phenoxy) is 2. The van der Waals surface area contributed by atoms with E-state index in [1.54, 1.807) is 36.4 Å². The average Bonchev–Trinajstić information content (AvgIpc) is 2.85. The summed E-state index contributed by atoms with van der Waals surface area (Å²) in [6.45, 7) is 6.10. The van der Waals surface area contributed by atoms with Gasteiger partial charge in [-0.2, -0.15) is 13.5 Å². The van der Waals surface area contributed by atoms with Crippen molar-refractivity contribution in [2.75, 3.05) is 13.2 Å². The molecule has 35 heavy (non-hydrogen) atoms. The Balaban J connectivity index is 1.77. The number of carbonyl (C=O) groups excluding carboxylic acids is 1. The molecule has 1 N–H and O–H groups in total. The number of hydrazone groups is 1. The molecular weight excluding hydrogens is 492 g/mol. The second-order valence-electron chi connectivity index (χ2n) is 6.93.